The maximum absolute atomic E-state index is 10.2. The van der Waals surface area contributed by atoms with E-state index in [1.807, 2.05) is 19.1 Å². The van der Waals surface area contributed by atoms with Gasteiger partial charge in [0, 0.05) is 23.4 Å². The molecule has 0 aromatic carbocycles. The summed E-state index contributed by atoms with van der Waals surface area (Å²) in [6.07, 6.45) is 1.94. The third kappa shape index (κ3) is 3.20. The van der Waals surface area contributed by atoms with Crippen molar-refractivity contribution in [2.75, 3.05) is 7.11 Å². The highest BCUT2D eigenvalue weighted by atomic mass is 16.5. The molecule has 108 valence electrons. The lowest BCUT2D eigenvalue weighted by Gasteiger charge is -2.11. The number of pyridine rings is 1. The number of ether oxygens (including phenoxy) is 1. The van der Waals surface area contributed by atoms with Gasteiger partial charge in [0.1, 0.15) is 11.5 Å². The van der Waals surface area contributed by atoms with Gasteiger partial charge in [-0.3, -0.25) is 0 Å². The molecule has 0 aliphatic carbocycles. The molecular weight excluding hydrogens is 254 g/mol. The predicted molar refractivity (Wildman–Crippen MR) is 77.6 cm³/mol. The number of nitrogens with zero attached hydrogens (tertiary/aromatic N) is 1. The first-order chi connectivity index (χ1) is 9.51. The van der Waals surface area contributed by atoms with Crippen LogP contribution >= 0.6 is 0 Å². The van der Waals surface area contributed by atoms with Crippen LogP contribution in [0.2, 0.25) is 0 Å². The van der Waals surface area contributed by atoms with Crippen LogP contribution in [0.4, 0.5) is 0 Å². The van der Waals surface area contributed by atoms with E-state index < -0.39 is 6.10 Å². The van der Waals surface area contributed by atoms with E-state index in [2.05, 4.69) is 18.8 Å². The summed E-state index contributed by atoms with van der Waals surface area (Å²) in [5.41, 5.74) is 1.72. The summed E-state index contributed by atoms with van der Waals surface area (Å²) < 4.78 is 10.8. The quantitative estimate of drug-likeness (QED) is 0.903. The summed E-state index contributed by atoms with van der Waals surface area (Å²) in [7, 11) is 1.58. The second-order valence-corrected chi connectivity index (χ2v) is 5.36. The minimum Gasteiger partial charge on any atom is -0.481 e. The molecule has 4 heteroatoms. The van der Waals surface area contributed by atoms with E-state index in [0.29, 0.717) is 11.8 Å². The number of aryl methyl sites for hydroxylation is 1. The molecule has 0 aliphatic rings. The normalized spacial score (nSPS) is 12.7. The summed E-state index contributed by atoms with van der Waals surface area (Å²) in [6.45, 7) is 6.05. The van der Waals surface area contributed by atoms with E-state index in [1.54, 1.807) is 19.4 Å². The van der Waals surface area contributed by atoms with E-state index in [-0.39, 0.29) is 0 Å². The van der Waals surface area contributed by atoms with Crippen LogP contribution in [-0.2, 0) is 0 Å². The fraction of sp³-hybridized carbons (Fsp3) is 0.438. The third-order valence-corrected chi connectivity index (χ3v) is 3.24. The molecule has 2 aromatic rings. The molecule has 1 atom stereocenters. The van der Waals surface area contributed by atoms with Crippen molar-refractivity contribution >= 4 is 0 Å². The molecule has 0 fully saturated rings. The predicted octanol–water partition coefficient (Wildman–Crippen LogP) is 3.74. The zero-order valence-corrected chi connectivity index (χ0v) is 12.4. The maximum atomic E-state index is 10.2. The van der Waals surface area contributed by atoms with Crippen molar-refractivity contribution in [3.05, 3.63) is 35.7 Å². The second-order valence-electron chi connectivity index (χ2n) is 5.36. The number of aromatic nitrogens is 1. The SMILES string of the molecule is COc1ccc(-c2cc(C(O)CC(C)C)c(C)o2)cn1. The standard InChI is InChI=1S/C16H21NO3/c1-10(2)7-14(18)13-8-15(20-11(13)3)12-5-6-16(19-4)17-9-12/h5-6,8-10,14,18H,7H2,1-4H3. The Hall–Kier alpha value is -1.81. The number of hydrogen-bond acceptors (Lipinski definition) is 4. The Bertz CT molecular complexity index is 558. The zero-order chi connectivity index (χ0) is 14.7. The minimum atomic E-state index is -0.487. The molecule has 0 radical (unpaired) electrons. The van der Waals surface area contributed by atoms with Gasteiger partial charge in [-0.25, -0.2) is 4.98 Å². The first-order valence-corrected chi connectivity index (χ1v) is 6.80. The molecule has 20 heavy (non-hydrogen) atoms. The van der Waals surface area contributed by atoms with Gasteiger partial charge >= 0.3 is 0 Å². The van der Waals surface area contributed by atoms with Gasteiger partial charge in [-0.15, -0.1) is 0 Å². The molecule has 2 heterocycles. The minimum absolute atomic E-state index is 0.436. The van der Waals surface area contributed by atoms with Crippen LogP contribution in [0.3, 0.4) is 0 Å². The van der Waals surface area contributed by atoms with Gasteiger partial charge in [-0.2, -0.15) is 0 Å². The Morgan fingerprint density at radius 1 is 1.35 bits per heavy atom. The third-order valence-electron chi connectivity index (χ3n) is 3.24. The summed E-state index contributed by atoms with van der Waals surface area (Å²) >= 11 is 0. The Balaban J connectivity index is 2.25. The molecule has 1 N–H and O–H groups in total. The van der Waals surface area contributed by atoms with Gasteiger partial charge < -0.3 is 14.3 Å². The van der Waals surface area contributed by atoms with Crippen LogP contribution in [-0.4, -0.2) is 17.2 Å². The molecule has 0 amide bonds. The topological polar surface area (TPSA) is 55.5 Å². The number of aliphatic hydroxyl groups is 1. The molecule has 0 saturated heterocycles. The van der Waals surface area contributed by atoms with Crippen molar-refractivity contribution < 1.29 is 14.3 Å². The number of rotatable bonds is 5. The smallest absolute Gasteiger partial charge is 0.212 e. The van der Waals surface area contributed by atoms with Gasteiger partial charge in [0.25, 0.3) is 0 Å². The van der Waals surface area contributed by atoms with Crippen LogP contribution in [0.5, 0.6) is 5.88 Å². The Morgan fingerprint density at radius 2 is 2.10 bits per heavy atom. The average Bonchev–Trinajstić information content (AvgIpc) is 2.80. The van der Waals surface area contributed by atoms with Crippen molar-refractivity contribution in [1.29, 1.82) is 0 Å². The van der Waals surface area contributed by atoms with Gasteiger partial charge in [0.05, 0.1) is 13.2 Å². The second kappa shape index (κ2) is 6.09. The maximum Gasteiger partial charge on any atom is 0.212 e. The molecule has 2 rings (SSSR count). The number of aliphatic hydroxyl groups excluding tert-OH is 1. The molecule has 0 bridgehead atoms. The van der Waals surface area contributed by atoms with Crippen LogP contribution in [0, 0.1) is 12.8 Å². The summed E-state index contributed by atoms with van der Waals surface area (Å²) in [6, 6.07) is 5.58. The highest BCUT2D eigenvalue weighted by molar-refractivity contribution is 5.58. The fourth-order valence-corrected chi connectivity index (χ4v) is 2.19. The zero-order valence-electron chi connectivity index (χ0n) is 12.4. The van der Waals surface area contributed by atoms with Crippen molar-refractivity contribution in [3.8, 4) is 17.2 Å². The largest absolute Gasteiger partial charge is 0.481 e. The first-order valence-electron chi connectivity index (χ1n) is 6.80. The van der Waals surface area contributed by atoms with E-state index in [0.717, 1.165) is 29.1 Å². The summed E-state index contributed by atoms with van der Waals surface area (Å²) in [4.78, 5) is 4.16. The Labute approximate surface area is 119 Å². The van der Waals surface area contributed by atoms with Gasteiger partial charge in [-0.1, -0.05) is 13.8 Å². The van der Waals surface area contributed by atoms with Crippen molar-refractivity contribution in [1.82, 2.24) is 4.98 Å². The summed E-state index contributed by atoms with van der Waals surface area (Å²) in [5, 5.41) is 10.2. The van der Waals surface area contributed by atoms with Crippen molar-refractivity contribution in [2.45, 2.75) is 33.3 Å². The van der Waals surface area contributed by atoms with E-state index >= 15 is 0 Å². The molecule has 0 saturated carbocycles. The highest BCUT2D eigenvalue weighted by Gasteiger charge is 2.17. The van der Waals surface area contributed by atoms with Gasteiger partial charge in [0.15, 0.2) is 0 Å². The Kier molecular flexibility index (Phi) is 4.45. The van der Waals surface area contributed by atoms with Crippen LogP contribution in [0.15, 0.2) is 28.8 Å². The van der Waals surface area contributed by atoms with Crippen molar-refractivity contribution in [2.24, 2.45) is 5.92 Å². The van der Waals surface area contributed by atoms with E-state index in [4.69, 9.17) is 9.15 Å². The van der Waals surface area contributed by atoms with Crippen LogP contribution in [0.1, 0.15) is 37.7 Å². The fourth-order valence-electron chi connectivity index (χ4n) is 2.19. The van der Waals surface area contributed by atoms with Crippen LogP contribution < -0.4 is 4.74 Å². The molecule has 0 aliphatic heterocycles. The number of furan rings is 1. The summed E-state index contributed by atoms with van der Waals surface area (Å²) in [5.74, 6) is 2.47. The Morgan fingerprint density at radius 3 is 2.65 bits per heavy atom. The molecule has 4 nitrogen and oxygen atoms in total. The van der Waals surface area contributed by atoms with Crippen molar-refractivity contribution in [3.63, 3.8) is 0 Å². The number of methoxy groups -OCH3 is 1. The van der Waals surface area contributed by atoms with E-state index in [1.165, 1.54) is 0 Å². The lowest BCUT2D eigenvalue weighted by atomic mass is 9.99. The lowest BCUT2D eigenvalue weighted by molar-refractivity contribution is 0.149. The van der Waals surface area contributed by atoms with Crippen LogP contribution in [0.25, 0.3) is 11.3 Å². The monoisotopic (exact) mass is 275 g/mol. The highest BCUT2D eigenvalue weighted by Crippen LogP contribution is 2.31. The molecule has 2 aromatic heterocycles. The average molecular weight is 275 g/mol. The molecular formula is C16H21NO3. The molecule has 1 unspecified atom stereocenters. The lowest BCUT2D eigenvalue weighted by Crippen LogP contribution is -2.01. The van der Waals surface area contributed by atoms with Gasteiger partial charge in [0.2, 0.25) is 5.88 Å². The molecule has 0 spiro atoms. The number of hydrogen-bond donors (Lipinski definition) is 1. The van der Waals surface area contributed by atoms with E-state index in [9.17, 15) is 5.11 Å². The van der Waals surface area contributed by atoms with Gasteiger partial charge in [-0.05, 0) is 31.4 Å². The first kappa shape index (κ1) is 14.6.